The van der Waals surface area contributed by atoms with Gasteiger partial charge in [-0.25, -0.2) is 4.68 Å². The molecule has 5 heteroatoms. The maximum Gasteiger partial charge on any atom is 0.251 e. The average Bonchev–Trinajstić information content (AvgIpc) is 3.24. The Morgan fingerprint density at radius 3 is 2.73 bits per heavy atom. The van der Waals surface area contributed by atoms with Gasteiger partial charge in [0.25, 0.3) is 5.91 Å². The Kier molecular flexibility index (Phi) is 5.74. The number of hydrogen-bond acceptors (Lipinski definition) is 3. The highest BCUT2D eigenvalue weighted by molar-refractivity contribution is 5.94. The normalized spacial score (nSPS) is 18.8. The van der Waals surface area contributed by atoms with Gasteiger partial charge >= 0.3 is 0 Å². The summed E-state index contributed by atoms with van der Waals surface area (Å²) in [5.41, 5.74) is 2.96. The molecule has 2 aromatic rings. The van der Waals surface area contributed by atoms with E-state index in [1.165, 1.54) is 19.3 Å². The van der Waals surface area contributed by atoms with Crippen molar-refractivity contribution in [2.75, 3.05) is 6.54 Å². The Hall–Kier alpha value is -2.17. The van der Waals surface area contributed by atoms with Crippen molar-refractivity contribution < 1.29 is 4.79 Å². The molecule has 0 radical (unpaired) electrons. The predicted octanol–water partition coefficient (Wildman–Crippen LogP) is 4.17. The van der Waals surface area contributed by atoms with Gasteiger partial charge in [0, 0.05) is 12.1 Å². The second-order valence-electron chi connectivity index (χ2n) is 8.09. The molecule has 1 aromatic heterocycles. The summed E-state index contributed by atoms with van der Waals surface area (Å²) < 4.78 is 1.77. The van der Waals surface area contributed by atoms with Crippen molar-refractivity contribution in [2.24, 2.45) is 11.3 Å². The Morgan fingerprint density at radius 2 is 2.08 bits per heavy atom. The molecule has 0 bridgehead atoms. The summed E-state index contributed by atoms with van der Waals surface area (Å²) in [6.45, 7) is 7.54. The molecule has 1 aromatic carbocycles. The molecule has 1 saturated carbocycles. The van der Waals surface area contributed by atoms with Crippen molar-refractivity contribution in [1.29, 1.82) is 0 Å². The fraction of sp³-hybridized carbons (Fsp3) is 0.571. The first-order valence-corrected chi connectivity index (χ1v) is 9.79. The number of nitrogens with one attached hydrogen (secondary N) is 1. The lowest BCUT2D eigenvalue weighted by atomic mass is 9.82. The summed E-state index contributed by atoms with van der Waals surface area (Å²) in [6, 6.07) is 7.56. The topological polar surface area (TPSA) is 59.8 Å². The zero-order valence-corrected chi connectivity index (χ0v) is 16.2. The highest BCUT2D eigenvalue weighted by Gasteiger charge is 2.34. The number of amides is 1. The van der Waals surface area contributed by atoms with E-state index in [0.717, 1.165) is 37.2 Å². The van der Waals surface area contributed by atoms with E-state index in [-0.39, 0.29) is 5.91 Å². The third-order valence-electron chi connectivity index (χ3n) is 5.71. The van der Waals surface area contributed by atoms with Crippen LogP contribution < -0.4 is 5.32 Å². The summed E-state index contributed by atoms with van der Waals surface area (Å²) in [5.74, 6) is 0.573. The minimum absolute atomic E-state index is 0.00137. The van der Waals surface area contributed by atoms with Gasteiger partial charge in [-0.05, 0) is 61.3 Å². The molecule has 0 saturated heterocycles. The summed E-state index contributed by atoms with van der Waals surface area (Å²) in [4.78, 5) is 12.4. The highest BCUT2D eigenvalue weighted by atomic mass is 16.1. The van der Waals surface area contributed by atoms with Crippen LogP contribution in [0.4, 0.5) is 0 Å². The fourth-order valence-corrected chi connectivity index (χ4v) is 3.76. The van der Waals surface area contributed by atoms with Gasteiger partial charge in [0.2, 0.25) is 0 Å². The van der Waals surface area contributed by atoms with Gasteiger partial charge in [-0.3, -0.25) is 4.79 Å². The summed E-state index contributed by atoms with van der Waals surface area (Å²) in [5, 5.41) is 11.5. The number of unbranched alkanes of at least 4 members (excludes halogenated alkanes) is 1. The molecule has 1 heterocycles. The SMILES string of the molecule is CCCCc1cn(-c2ccc(C(=O)NCC3CCCC3(C)C)cc2)nn1. The minimum atomic E-state index is 0.00137. The van der Waals surface area contributed by atoms with Gasteiger partial charge in [0.05, 0.1) is 17.6 Å². The largest absolute Gasteiger partial charge is 0.352 e. The molecule has 1 atom stereocenters. The molecular weight excluding hydrogens is 324 g/mol. The number of benzene rings is 1. The number of hydrogen-bond donors (Lipinski definition) is 1. The smallest absolute Gasteiger partial charge is 0.251 e. The van der Waals surface area contributed by atoms with E-state index in [1.54, 1.807) is 4.68 Å². The predicted molar refractivity (Wildman–Crippen MR) is 103 cm³/mol. The van der Waals surface area contributed by atoms with Gasteiger partial charge in [0.1, 0.15) is 0 Å². The molecule has 1 amide bonds. The molecule has 0 spiro atoms. The molecule has 1 aliphatic rings. The molecule has 3 rings (SSSR count). The van der Waals surface area contributed by atoms with E-state index in [9.17, 15) is 4.79 Å². The van der Waals surface area contributed by atoms with Crippen LogP contribution in [0.15, 0.2) is 30.5 Å². The van der Waals surface area contributed by atoms with Crippen molar-refractivity contribution in [2.45, 2.75) is 59.3 Å². The lowest BCUT2D eigenvalue weighted by Gasteiger charge is -2.27. The van der Waals surface area contributed by atoms with E-state index < -0.39 is 0 Å². The zero-order chi connectivity index (χ0) is 18.6. The lowest BCUT2D eigenvalue weighted by molar-refractivity contribution is 0.0937. The van der Waals surface area contributed by atoms with Crippen molar-refractivity contribution in [3.63, 3.8) is 0 Å². The van der Waals surface area contributed by atoms with E-state index in [1.807, 2.05) is 30.5 Å². The number of carbonyl (C=O) groups is 1. The Labute approximate surface area is 156 Å². The van der Waals surface area contributed by atoms with Crippen LogP contribution in [0.5, 0.6) is 0 Å². The monoisotopic (exact) mass is 354 g/mol. The molecule has 1 fully saturated rings. The first kappa shape index (κ1) is 18.6. The van der Waals surface area contributed by atoms with E-state index >= 15 is 0 Å². The summed E-state index contributed by atoms with van der Waals surface area (Å²) in [7, 11) is 0. The van der Waals surface area contributed by atoms with Crippen LogP contribution in [0.25, 0.3) is 5.69 Å². The quantitative estimate of drug-likeness (QED) is 0.812. The summed E-state index contributed by atoms with van der Waals surface area (Å²) >= 11 is 0. The van der Waals surface area contributed by atoms with E-state index in [0.29, 0.717) is 16.9 Å². The number of aromatic nitrogens is 3. The van der Waals surface area contributed by atoms with Crippen LogP contribution in [-0.4, -0.2) is 27.4 Å². The van der Waals surface area contributed by atoms with E-state index in [4.69, 9.17) is 0 Å². The van der Waals surface area contributed by atoms with Crippen molar-refractivity contribution in [1.82, 2.24) is 20.3 Å². The van der Waals surface area contributed by atoms with Gasteiger partial charge in [-0.2, -0.15) is 0 Å². The molecule has 26 heavy (non-hydrogen) atoms. The highest BCUT2D eigenvalue weighted by Crippen LogP contribution is 2.42. The minimum Gasteiger partial charge on any atom is -0.352 e. The molecular formula is C21H30N4O. The maximum atomic E-state index is 12.4. The van der Waals surface area contributed by atoms with Gasteiger partial charge in [-0.1, -0.05) is 38.8 Å². The molecule has 1 unspecified atom stereocenters. The van der Waals surface area contributed by atoms with Crippen molar-refractivity contribution in [3.05, 3.63) is 41.7 Å². The van der Waals surface area contributed by atoms with E-state index in [2.05, 4.69) is 36.4 Å². The number of carbonyl (C=O) groups excluding carboxylic acids is 1. The second kappa shape index (κ2) is 8.02. The number of nitrogens with zero attached hydrogens (tertiary/aromatic N) is 3. The molecule has 5 nitrogen and oxygen atoms in total. The third kappa shape index (κ3) is 4.32. The first-order chi connectivity index (χ1) is 12.5. The Balaban J connectivity index is 1.58. The van der Waals surface area contributed by atoms with Crippen LogP contribution in [0.2, 0.25) is 0 Å². The Bertz CT molecular complexity index is 733. The molecule has 1 N–H and O–H groups in total. The lowest BCUT2D eigenvalue weighted by Crippen LogP contribution is -2.33. The fourth-order valence-electron chi connectivity index (χ4n) is 3.76. The first-order valence-electron chi connectivity index (χ1n) is 9.79. The van der Waals surface area contributed by atoms with Crippen LogP contribution >= 0.6 is 0 Å². The zero-order valence-electron chi connectivity index (χ0n) is 16.2. The number of aryl methyl sites for hydroxylation is 1. The van der Waals surface area contributed by atoms with Gasteiger partial charge < -0.3 is 5.32 Å². The third-order valence-corrected chi connectivity index (χ3v) is 5.71. The summed E-state index contributed by atoms with van der Waals surface area (Å²) in [6.07, 6.45) is 8.91. The average molecular weight is 354 g/mol. The van der Waals surface area contributed by atoms with Gasteiger partial charge in [-0.15, -0.1) is 5.10 Å². The van der Waals surface area contributed by atoms with Crippen molar-refractivity contribution in [3.8, 4) is 5.69 Å². The Morgan fingerprint density at radius 1 is 1.31 bits per heavy atom. The van der Waals surface area contributed by atoms with Crippen molar-refractivity contribution >= 4 is 5.91 Å². The number of rotatable bonds is 7. The second-order valence-corrected chi connectivity index (χ2v) is 8.09. The van der Waals surface area contributed by atoms with Crippen LogP contribution in [0.1, 0.15) is 68.9 Å². The van der Waals surface area contributed by atoms with Crippen LogP contribution in [-0.2, 0) is 6.42 Å². The van der Waals surface area contributed by atoms with Crippen LogP contribution in [0, 0.1) is 11.3 Å². The molecule has 140 valence electrons. The molecule has 0 aliphatic heterocycles. The van der Waals surface area contributed by atoms with Crippen LogP contribution in [0.3, 0.4) is 0 Å². The van der Waals surface area contributed by atoms with Gasteiger partial charge in [0.15, 0.2) is 0 Å². The maximum absolute atomic E-state index is 12.4. The molecule has 1 aliphatic carbocycles. The standard InChI is InChI=1S/C21H30N4O/c1-4-5-8-18-15-25(24-23-18)19-11-9-16(10-12-19)20(26)22-14-17-7-6-13-21(17,2)3/h9-12,15,17H,4-8,13-14H2,1-3H3,(H,22,26).